The number of benzene rings is 1. The van der Waals surface area contributed by atoms with E-state index in [1.807, 2.05) is 6.07 Å². The Kier molecular flexibility index (Phi) is 6.09. The predicted molar refractivity (Wildman–Crippen MR) is 96.9 cm³/mol. The van der Waals surface area contributed by atoms with Gasteiger partial charge in [-0.2, -0.15) is 9.78 Å². The molecule has 0 radical (unpaired) electrons. The third-order valence-electron chi connectivity index (χ3n) is 3.92. The lowest BCUT2D eigenvalue weighted by Crippen LogP contribution is -2.41. The van der Waals surface area contributed by atoms with Crippen molar-refractivity contribution in [3.63, 3.8) is 0 Å². The minimum absolute atomic E-state index is 0.128. The van der Waals surface area contributed by atoms with Gasteiger partial charge in [0.25, 0.3) is 11.5 Å². The van der Waals surface area contributed by atoms with Crippen molar-refractivity contribution in [1.82, 2.24) is 15.1 Å². The van der Waals surface area contributed by atoms with Crippen LogP contribution in [0.5, 0.6) is 0 Å². The maximum atomic E-state index is 12.3. The Morgan fingerprint density at radius 3 is 2.56 bits per heavy atom. The second-order valence-electron chi connectivity index (χ2n) is 6.92. The molecule has 0 aliphatic rings. The molecule has 25 heavy (non-hydrogen) atoms. The number of aliphatic hydroxyl groups is 1. The quantitative estimate of drug-likeness (QED) is 0.807. The molecule has 2 aromatic rings. The summed E-state index contributed by atoms with van der Waals surface area (Å²) in [5.41, 5.74) is -0.575. The van der Waals surface area contributed by atoms with Gasteiger partial charge in [-0.25, -0.2) is 0 Å². The fourth-order valence-electron chi connectivity index (χ4n) is 2.34. The first-order valence-corrected chi connectivity index (χ1v) is 8.45. The molecule has 0 bridgehead atoms. The molecule has 1 atom stereocenters. The number of hydrogen-bond donors (Lipinski definition) is 2. The van der Waals surface area contributed by atoms with E-state index >= 15 is 0 Å². The van der Waals surface area contributed by atoms with Gasteiger partial charge in [-0.3, -0.25) is 9.59 Å². The van der Waals surface area contributed by atoms with Crippen molar-refractivity contribution in [2.45, 2.75) is 39.2 Å². The van der Waals surface area contributed by atoms with Crippen LogP contribution in [-0.2, 0) is 0 Å². The summed E-state index contributed by atoms with van der Waals surface area (Å²) >= 11 is 0. The molecule has 6 heteroatoms. The van der Waals surface area contributed by atoms with Gasteiger partial charge in [0.2, 0.25) is 0 Å². The number of aromatic nitrogens is 2. The van der Waals surface area contributed by atoms with Crippen LogP contribution in [0.1, 0.15) is 44.1 Å². The number of nitrogens with zero attached hydrogens (tertiary/aromatic N) is 2. The van der Waals surface area contributed by atoms with E-state index < -0.39 is 11.5 Å². The van der Waals surface area contributed by atoms with E-state index in [0.29, 0.717) is 18.0 Å². The Hall–Kier alpha value is -2.47. The Morgan fingerprint density at radius 2 is 1.92 bits per heavy atom. The highest BCUT2D eigenvalue weighted by Gasteiger charge is 2.22. The molecule has 1 amide bonds. The lowest BCUT2D eigenvalue weighted by molar-refractivity contribution is 0.0428. The molecule has 0 saturated heterocycles. The third kappa shape index (κ3) is 5.53. The van der Waals surface area contributed by atoms with E-state index in [2.05, 4.69) is 24.3 Å². The maximum absolute atomic E-state index is 12.3. The minimum Gasteiger partial charge on any atom is -0.388 e. The lowest BCUT2D eigenvalue weighted by atomic mass is 9.95. The van der Waals surface area contributed by atoms with Crippen molar-refractivity contribution in [3.8, 4) is 5.69 Å². The van der Waals surface area contributed by atoms with Crippen LogP contribution in [-0.4, -0.2) is 32.9 Å². The number of carbonyl (C=O) groups is 1. The summed E-state index contributed by atoms with van der Waals surface area (Å²) in [5.74, 6) is 0.0628. The molecule has 1 aromatic heterocycles. The summed E-state index contributed by atoms with van der Waals surface area (Å²) in [4.78, 5) is 24.3. The molecular formula is C19H25N3O3. The molecule has 0 fully saturated rings. The summed E-state index contributed by atoms with van der Waals surface area (Å²) < 4.78 is 1.19. The van der Waals surface area contributed by atoms with E-state index in [-0.39, 0.29) is 17.8 Å². The van der Waals surface area contributed by atoms with Crippen molar-refractivity contribution in [2.24, 2.45) is 5.92 Å². The van der Waals surface area contributed by atoms with Gasteiger partial charge in [0.1, 0.15) is 5.69 Å². The monoisotopic (exact) mass is 343 g/mol. The molecule has 134 valence electrons. The number of hydrogen-bond acceptors (Lipinski definition) is 4. The van der Waals surface area contributed by atoms with Gasteiger partial charge in [0.05, 0.1) is 11.3 Å². The topological polar surface area (TPSA) is 84.2 Å². The molecule has 1 aromatic carbocycles. The number of para-hydroxylation sites is 1. The number of rotatable bonds is 7. The lowest BCUT2D eigenvalue weighted by Gasteiger charge is -2.24. The van der Waals surface area contributed by atoms with Crippen LogP contribution < -0.4 is 10.9 Å². The SMILES string of the molecule is CC(C)CCC(C)(O)CNC(=O)c1ccc(=O)n(-c2ccccc2)n1. The van der Waals surface area contributed by atoms with Gasteiger partial charge in [-0.05, 0) is 43.9 Å². The first-order valence-electron chi connectivity index (χ1n) is 8.45. The first kappa shape index (κ1) is 18.9. The summed E-state index contributed by atoms with van der Waals surface area (Å²) in [6.45, 7) is 6.01. The van der Waals surface area contributed by atoms with Crippen molar-refractivity contribution >= 4 is 5.91 Å². The van der Waals surface area contributed by atoms with Crippen LogP contribution in [0.25, 0.3) is 5.69 Å². The highest BCUT2D eigenvalue weighted by atomic mass is 16.3. The molecule has 2 rings (SSSR count). The van der Waals surface area contributed by atoms with Crippen LogP contribution in [0, 0.1) is 5.92 Å². The van der Waals surface area contributed by atoms with Crippen molar-refractivity contribution in [3.05, 3.63) is 58.5 Å². The average molecular weight is 343 g/mol. The molecule has 1 heterocycles. The van der Waals surface area contributed by atoms with Gasteiger partial charge in [0.15, 0.2) is 0 Å². The van der Waals surface area contributed by atoms with E-state index in [9.17, 15) is 14.7 Å². The average Bonchev–Trinajstić information content (AvgIpc) is 2.59. The highest BCUT2D eigenvalue weighted by Crippen LogP contribution is 2.15. The van der Waals surface area contributed by atoms with Gasteiger partial charge in [0, 0.05) is 12.6 Å². The Bertz CT molecular complexity index is 767. The van der Waals surface area contributed by atoms with Crippen LogP contribution in [0.3, 0.4) is 0 Å². The molecule has 2 N–H and O–H groups in total. The maximum Gasteiger partial charge on any atom is 0.271 e. The third-order valence-corrected chi connectivity index (χ3v) is 3.92. The predicted octanol–water partition coefficient (Wildman–Crippen LogP) is 2.15. The normalized spacial score (nSPS) is 13.5. The molecule has 0 aliphatic heterocycles. The van der Waals surface area contributed by atoms with Crippen LogP contribution in [0.2, 0.25) is 0 Å². The largest absolute Gasteiger partial charge is 0.388 e. The van der Waals surface area contributed by atoms with Gasteiger partial charge >= 0.3 is 0 Å². The first-order chi connectivity index (χ1) is 11.8. The molecule has 1 unspecified atom stereocenters. The van der Waals surface area contributed by atoms with E-state index in [0.717, 1.165) is 6.42 Å². The van der Waals surface area contributed by atoms with E-state index in [4.69, 9.17) is 0 Å². The number of nitrogens with one attached hydrogen (secondary N) is 1. The second kappa shape index (κ2) is 8.07. The van der Waals surface area contributed by atoms with E-state index in [1.54, 1.807) is 31.2 Å². The fourth-order valence-corrected chi connectivity index (χ4v) is 2.34. The second-order valence-corrected chi connectivity index (χ2v) is 6.92. The molecule has 6 nitrogen and oxygen atoms in total. The molecule has 0 spiro atoms. The van der Waals surface area contributed by atoms with Crippen molar-refractivity contribution < 1.29 is 9.90 Å². The summed E-state index contributed by atoms with van der Waals surface area (Å²) in [6.07, 6.45) is 1.47. The zero-order valence-electron chi connectivity index (χ0n) is 14.9. The van der Waals surface area contributed by atoms with E-state index in [1.165, 1.54) is 16.8 Å². The number of carbonyl (C=O) groups excluding carboxylic acids is 1. The summed E-state index contributed by atoms with van der Waals surface area (Å²) in [5, 5.41) is 17.2. The van der Waals surface area contributed by atoms with Crippen molar-refractivity contribution in [1.29, 1.82) is 0 Å². The highest BCUT2D eigenvalue weighted by molar-refractivity contribution is 5.92. The fraction of sp³-hybridized carbons (Fsp3) is 0.421. The smallest absolute Gasteiger partial charge is 0.271 e. The Labute approximate surface area is 147 Å². The molecular weight excluding hydrogens is 318 g/mol. The summed E-state index contributed by atoms with van der Waals surface area (Å²) in [6, 6.07) is 11.6. The van der Waals surface area contributed by atoms with Crippen LogP contribution in [0.4, 0.5) is 0 Å². The Morgan fingerprint density at radius 1 is 1.24 bits per heavy atom. The molecule has 0 saturated carbocycles. The molecule has 0 aliphatic carbocycles. The Balaban J connectivity index is 2.09. The minimum atomic E-state index is -0.978. The standard InChI is InChI=1S/C19H25N3O3/c1-14(2)11-12-19(3,25)13-20-18(24)16-9-10-17(23)22(21-16)15-7-5-4-6-8-15/h4-10,14,25H,11-13H2,1-3H3,(H,20,24). The van der Waals surface area contributed by atoms with Gasteiger partial charge < -0.3 is 10.4 Å². The van der Waals surface area contributed by atoms with Crippen LogP contribution in [0.15, 0.2) is 47.3 Å². The van der Waals surface area contributed by atoms with Crippen molar-refractivity contribution in [2.75, 3.05) is 6.54 Å². The van der Waals surface area contributed by atoms with Crippen LogP contribution >= 0.6 is 0 Å². The summed E-state index contributed by atoms with van der Waals surface area (Å²) in [7, 11) is 0. The zero-order valence-corrected chi connectivity index (χ0v) is 14.9. The zero-order chi connectivity index (χ0) is 18.4. The van der Waals surface area contributed by atoms with Gasteiger partial charge in [-0.15, -0.1) is 0 Å². The number of amides is 1. The van der Waals surface area contributed by atoms with Gasteiger partial charge in [-0.1, -0.05) is 32.0 Å².